The number of nitrogens with zero attached hydrogens (tertiary/aromatic N) is 1. The van der Waals surface area contributed by atoms with Gasteiger partial charge < -0.3 is 15.6 Å². The van der Waals surface area contributed by atoms with Crippen LogP contribution in [0.2, 0.25) is 0 Å². The second-order valence-corrected chi connectivity index (χ2v) is 3.00. The van der Waals surface area contributed by atoms with Crippen molar-refractivity contribution < 1.29 is 19.6 Å². The van der Waals surface area contributed by atoms with Crippen molar-refractivity contribution in [1.82, 2.24) is 0 Å². The third-order valence-electron chi connectivity index (χ3n) is 2.03. The minimum Gasteiger partial charge on any atom is -0.496 e. The number of carboxylic acids is 1. The van der Waals surface area contributed by atoms with Gasteiger partial charge in [-0.05, 0) is 6.07 Å². The SMILES string of the molecule is COc1ccc([N+](=O)[O-])cc1C(N)C(=O)O. The van der Waals surface area contributed by atoms with Gasteiger partial charge in [-0.3, -0.25) is 14.9 Å². The summed E-state index contributed by atoms with van der Waals surface area (Å²) in [6, 6.07) is 2.28. The van der Waals surface area contributed by atoms with Crippen LogP contribution in [0.3, 0.4) is 0 Å². The minimum atomic E-state index is -1.35. The van der Waals surface area contributed by atoms with Crippen LogP contribution in [0.25, 0.3) is 0 Å². The van der Waals surface area contributed by atoms with E-state index in [0.29, 0.717) is 0 Å². The molecule has 0 saturated carbocycles. The number of carbonyl (C=O) groups is 1. The van der Waals surface area contributed by atoms with Crippen LogP contribution in [-0.2, 0) is 4.79 Å². The molecule has 86 valence electrons. The Morgan fingerprint density at radius 3 is 2.69 bits per heavy atom. The Labute approximate surface area is 90.6 Å². The van der Waals surface area contributed by atoms with Crippen molar-refractivity contribution in [2.45, 2.75) is 6.04 Å². The molecule has 0 aliphatic rings. The number of ether oxygens (including phenoxy) is 1. The first-order chi connectivity index (χ1) is 7.47. The van der Waals surface area contributed by atoms with Crippen molar-refractivity contribution in [2.24, 2.45) is 5.73 Å². The number of rotatable bonds is 4. The second kappa shape index (κ2) is 4.58. The Kier molecular flexibility index (Phi) is 3.41. The third-order valence-corrected chi connectivity index (χ3v) is 2.03. The molecular weight excluding hydrogens is 216 g/mol. The number of nitrogens with two attached hydrogens (primary N) is 1. The van der Waals surface area contributed by atoms with Crippen LogP contribution < -0.4 is 10.5 Å². The summed E-state index contributed by atoms with van der Waals surface area (Å²) in [5.74, 6) is -1.07. The highest BCUT2D eigenvalue weighted by Gasteiger charge is 2.21. The van der Waals surface area contributed by atoms with Crippen molar-refractivity contribution in [2.75, 3.05) is 7.11 Å². The van der Waals surface area contributed by atoms with Crippen molar-refractivity contribution in [3.63, 3.8) is 0 Å². The van der Waals surface area contributed by atoms with Crippen molar-refractivity contribution >= 4 is 11.7 Å². The van der Waals surface area contributed by atoms with Gasteiger partial charge in [0.05, 0.1) is 12.0 Å². The number of benzene rings is 1. The largest absolute Gasteiger partial charge is 0.496 e. The van der Waals surface area contributed by atoms with Gasteiger partial charge in [0.25, 0.3) is 5.69 Å². The van der Waals surface area contributed by atoms with Gasteiger partial charge in [0.2, 0.25) is 0 Å². The molecule has 1 unspecified atom stereocenters. The summed E-state index contributed by atoms with van der Waals surface area (Å²) >= 11 is 0. The number of nitro groups is 1. The van der Waals surface area contributed by atoms with Crippen molar-refractivity contribution in [3.8, 4) is 5.75 Å². The molecule has 0 amide bonds. The summed E-state index contributed by atoms with van der Waals surface area (Å²) in [5.41, 5.74) is 5.23. The van der Waals surface area contributed by atoms with Gasteiger partial charge >= 0.3 is 5.97 Å². The summed E-state index contributed by atoms with van der Waals surface area (Å²) in [4.78, 5) is 20.6. The Bertz CT molecular complexity index is 432. The van der Waals surface area contributed by atoms with Crippen LogP contribution in [0.15, 0.2) is 18.2 Å². The van der Waals surface area contributed by atoms with Crippen LogP contribution in [0.4, 0.5) is 5.69 Å². The number of nitro benzene ring substituents is 1. The molecular formula is C9H10N2O5. The molecule has 0 bridgehead atoms. The third kappa shape index (κ3) is 2.26. The molecule has 3 N–H and O–H groups in total. The highest BCUT2D eigenvalue weighted by atomic mass is 16.6. The fourth-order valence-corrected chi connectivity index (χ4v) is 1.21. The topological polar surface area (TPSA) is 116 Å². The summed E-state index contributed by atoms with van der Waals surface area (Å²) in [6.07, 6.45) is 0. The van der Waals surface area contributed by atoms with E-state index in [2.05, 4.69) is 0 Å². The zero-order valence-electron chi connectivity index (χ0n) is 8.41. The zero-order valence-corrected chi connectivity index (χ0v) is 8.41. The number of non-ortho nitro benzene ring substituents is 1. The average Bonchev–Trinajstić information content (AvgIpc) is 2.26. The number of hydrogen-bond acceptors (Lipinski definition) is 5. The van der Waals surface area contributed by atoms with E-state index >= 15 is 0 Å². The standard InChI is InChI=1S/C9H10N2O5/c1-16-7-3-2-5(11(14)15)4-6(7)8(10)9(12)13/h2-4,8H,10H2,1H3,(H,12,13). The first-order valence-electron chi connectivity index (χ1n) is 4.28. The van der Waals surface area contributed by atoms with Crippen LogP contribution in [-0.4, -0.2) is 23.1 Å². The molecule has 16 heavy (non-hydrogen) atoms. The van der Waals surface area contributed by atoms with Gasteiger partial charge in [0, 0.05) is 17.7 Å². The Balaban J connectivity index is 3.27. The van der Waals surface area contributed by atoms with E-state index in [-0.39, 0.29) is 17.0 Å². The van der Waals surface area contributed by atoms with Gasteiger partial charge in [0.1, 0.15) is 11.8 Å². The molecule has 0 heterocycles. The molecule has 0 fully saturated rings. The molecule has 1 aromatic rings. The predicted octanol–water partition coefficient (Wildman–Crippen LogP) is 0.688. The molecule has 0 radical (unpaired) electrons. The number of hydrogen-bond donors (Lipinski definition) is 2. The molecule has 0 aromatic heterocycles. The predicted molar refractivity (Wildman–Crippen MR) is 54.2 cm³/mol. The highest BCUT2D eigenvalue weighted by molar-refractivity contribution is 5.76. The van der Waals surface area contributed by atoms with Gasteiger partial charge in [-0.15, -0.1) is 0 Å². The summed E-state index contributed by atoms with van der Waals surface area (Å²) in [7, 11) is 1.33. The maximum absolute atomic E-state index is 10.7. The molecule has 1 atom stereocenters. The fraction of sp³-hybridized carbons (Fsp3) is 0.222. The van der Waals surface area contributed by atoms with Crippen LogP contribution >= 0.6 is 0 Å². The van der Waals surface area contributed by atoms with E-state index in [1.807, 2.05) is 0 Å². The second-order valence-electron chi connectivity index (χ2n) is 3.00. The van der Waals surface area contributed by atoms with Crippen LogP contribution in [0, 0.1) is 10.1 Å². The molecule has 0 saturated heterocycles. The van der Waals surface area contributed by atoms with E-state index in [4.69, 9.17) is 15.6 Å². The van der Waals surface area contributed by atoms with E-state index in [1.54, 1.807) is 0 Å². The van der Waals surface area contributed by atoms with Crippen molar-refractivity contribution in [1.29, 1.82) is 0 Å². The molecule has 7 heteroatoms. The molecule has 1 rings (SSSR count). The molecule has 0 aliphatic heterocycles. The lowest BCUT2D eigenvalue weighted by atomic mass is 10.1. The van der Waals surface area contributed by atoms with Gasteiger partial charge in [-0.1, -0.05) is 0 Å². The summed E-state index contributed by atoms with van der Waals surface area (Å²) in [5, 5.41) is 19.3. The average molecular weight is 226 g/mol. The van der Waals surface area contributed by atoms with Crippen LogP contribution in [0.1, 0.15) is 11.6 Å². The zero-order chi connectivity index (χ0) is 12.3. The molecule has 1 aromatic carbocycles. The normalized spacial score (nSPS) is 11.9. The number of carboxylic acid groups (broad SMARTS) is 1. The fourth-order valence-electron chi connectivity index (χ4n) is 1.21. The number of methoxy groups -OCH3 is 1. The molecule has 7 nitrogen and oxygen atoms in total. The Hall–Kier alpha value is -2.15. The lowest BCUT2D eigenvalue weighted by Gasteiger charge is -2.11. The minimum absolute atomic E-state index is 0.0733. The lowest BCUT2D eigenvalue weighted by Crippen LogP contribution is -2.21. The van der Waals surface area contributed by atoms with E-state index in [1.165, 1.54) is 19.2 Å². The lowest BCUT2D eigenvalue weighted by molar-refractivity contribution is -0.384. The summed E-state index contributed by atoms with van der Waals surface area (Å²) in [6.45, 7) is 0. The smallest absolute Gasteiger partial charge is 0.325 e. The monoisotopic (exact) mass is 226 g/mol. The van der Waals surface area contributed by atoms with E-state index in [9.17, 15) is 14.9 Å². The molecule has 0 spiro atoms. The Morgan fingerprint density at radius 1 is 1.62 bits per heavy atom. The maximum Gasteiger partial charge on any atom is 0.325 e. The van der Waals surface area contributed by atoms with E-state index in [0.717, 1.165) is 6.07 Å². The maximum atomic E-state index is 10.7. The number of aliphatic carboxylic acids is 1. The quantitative estimate of drug-likeness (QED) is 0.576. The Morgan fingerprint density at radius 2 is 2.25 bits per heavy atom. The van der Waals surface area contributed by atoms with Crippen LogP contribution in [0.5, 0.6) is 5.75 Å². The summed E-state index contributed by atoms with van der Waals surface area (Å²) < 4.78 is 4.89. The van der Waals surface area contributed by atoms with E-state index < -0.39 is 16.9 Å². The van der Waals surface area contributed by atoms with Gasteiger partial charge in [-0.25, -0.2) is 0 Å². The first-order valence-corrected chi connectivity index (χ1v) is 4.28. The first kappa shape index (κ1) is 11.9. The van der Waals surface area contributed by atoms with Gasteiger partial charge in [0.15, 0.2) is 0 Å². The molecule has 0 aliphatic carbocycles. The highest BCUT2D eigenvalue weighted by Crippen LogP contribution is 2.28. The van der Waals surface area contributed by atoms with Crippen molar-refractivity contribution in [3.05, 3.63) is 33.9 Å². The van der Waals surface area contributed by atoms with Gasteiger partial charge in [-0.2, -0.15) is 0 Å².